The molecule has 308 valence electrons. The maximum absolute atomic E-state index is 14.5. The largest absolute Gasteiger partial charge is 0.458 e. The number of alkyl carbamates (subject to hydrolysis) is 1. The van der Waals surface area contributed by atoms with Gasteiger partial charge in [-0.1, -0.05) is 63.2 Å². The van der Waals surface area contributed by atoms with Gasteiger partial charge >= 0.3 is 12.1 Å². The first-order valence-corrected chi connectivity index (χ1v) is 19.8. The lowest BCUT2D eigenvalue weighted by atomic mass is 9.73. The number of esters is 1. The number of Topliss-reactive ketones (excluding diaryl/α,β-unsaturated/α-hetero) is 1. The lowest BCUT2D eigenvalue weighted by Crippen LogP contribution is -2.60. The van der Waals surface area contributed by atoms with Crippen LogP contribution in [0, 0.1) is 23.7 Å². The summed E-state index contributed by atoms with van der Waals surface area (Å²) < 4.78 is 38.7. The van der Waals surface area contributed by atoms with E-state index in [1.54, 1.807) is 20.8 Å². The van der Waals surface area contributed by atoms with Gasteiger partial charge in [-0.05, 0) is 66.6 Å². The van der Waals surface area contributed by atoms with Gasteiger partial charge < -0.3 is 48.6 Å². The van der Waals surface area contributed by atoms with Crippen LogP contribution in [0.1, 0.15) is 80.2 Å². The molecule has 1 aromatic rings. The topological polar surface area (TPSA) is 164 Å². The third-order valence-corrected chi connectivity index (χ3v) is 12.2. The van der Waals surface area contributed by atoms with Crippen LogP contribution in [0.5, 0.6) is 0 Å². The van der Waals surface area contributed by atoms with Gasteiger partial charge in [-0.2, -0.15) is 0 Å². The lowest BCUT2D eigenvalue weighted by Gasteiger charge is -2.48. The van der Waals surface area contributed by atoms with Crippen LogP contribution in [0.4, 0.5) is 4.79 Å². The van der Waals surface area contributed by atoms with Gasteiger partial charge in [-0.25, -0.2) is 4.79 Å². The minimum Gasteiger partial charge on any atom is -0.458 e. The standard InChI is InChI=1S/C41H63N3O11/c1-11-31-41(8)35(42-39(48)55-41)25(4)32(45)23(2)20-40(7)36(54-38-33(46)30(44(9)10)19-24(3)52-38)26(5)34(27(6)37(47)53-31)49-21-29(22-50-40)43-51-18-17-28-15-13-12-14-16-28/h12-16,23-27,30-31,33-36,38,46H,11,17-22H2,1-10H3,(H,42,48)/b43-29-/t23-,24-,25+,26+,27-,30+,31-,33-,34+,35-,36-,38?,40-,41-/m1/s1. The van der Waals surface area contributed by atoms with E-state index in [2.05, 4.69) is 10.5 Å². The number of rotatable bonds is 8. The molecule has 0 saturated carbocycles. The van der Waals surface area contributed by atoms with Crippen LogP contribution in [-0.4, -0.2) is 128 Å². The number of carbonyl (C=O) groups is 3. The Morgan fingerprint density at radius 2 is 1.73 bits per heavy atom. The average Bonchev–Trinajstić information content (AvgIpc) is 3.48. The molecule has 4 aliphatic rings. The number of hydrogen-bond donors (Lipinski definition) is 2. The van der Waals surface area contributed by atoms with Crippen molar-refractivity contribution in [1.82, 2.24) is 10.2 Å². The van der Waals surface area contributed by atoms with Crippen molar-refractivity contribution in [3.8, 4) is 0 Å². The second-order valence-electron chi connectivity index (χ2n) is 16.7. The molecule has 0 radical (unpaired) electrons. The molecule has 4 fully saturated rings. The number of hydrogen-bond acceptors (Lipinski definition) is 13. The molecule has 0 spiro atoms. The van der Waals surface area contributed by atoms with Gasteiger partial charge in [0.05, 0.1) is 49.1 Å². The smallest absolute Gasteiger partial charge is 0.408 e. The molecule has 4 aliphatic heterocycles. The molecular weight excluding hydrogens is 710 g/mol. The predicted molar refractivity (Wildman–Crippen MR) is 203 cm³/mol. The summed E-state index contributed by atoms with van der Waals surface area (Å²) in [6.07, 6.45) is -3.76. The van der Waals surface area contributed by atoms with Crippen molar-refractivity contribution < 1.29 is 52.7 Å². The molecule has 1 unspecified atom stereocenters. The van der Waals surface area contributed by atoms with Crippen molar-refractivity contribution in [2.45, 2.75) is 141 Å². The van der Waals surface area contributed by atoms with Gasteiger partial charge in [-0.15, -0.1) is 0 Å². The number of ketones is 1. The molecule has 5 rings (SSSR count). The molecule has 2 N–H and O–H groups in total. The van der Waals surface area contributed by atoms with E-state index >= 15 is 0 Å². The molecule has 0 aliphatic carbocycles. The molecule has 4 saturated heterocycles. The van der Waals surface area contributed by atoms with Gasteiger partial charge in [0.25, 0.3) is 0 Å². The Bertz CT molecular complexity index is 1510. The Balaban J connectivity index is 1.57. The number of aliphatic hydroxyl groups excluding tert-OH is 1. The summed E-state index contributed by atoms with van der Waals surface area (Å²) in [5.41, 5.74) is -0.975. The fourth-order valence-electron chi connectivity index (χ4n) is 9.04. The number of nitrogens with zero attached hydrogens (tertiary/aromatic N) is 2. The number of nitrogens with one attached hydrogen (secondary N) is 1. The second kappa shape index (κ2) is 18.0. The van der Waals surface area contributed by atoms with Crippen molar-refractivity contribution >= 4 is 23.6 Å². The van der Waals surface area contributed by atoms with Crippen LogP contribution in [0.15, 0.2) is 35.5 Å². The quantitative estimate of drug-likeness (QED) is 0.219. The van der Waals surface area contributed by atoms with E-state index in [4.69, 9.17) is 33.3 Å². The summed E-state index contributed by atoms with van der Waals surface area (Å²) in [6.45, 7) is 14.9. The van der Waals surface area contributed by atoms with Gasteiger partial charge in [0, 0.05) is 30.2 Å². The van der Waals surface area contributed by atoms with Crippen molar-refractivity contribution in [1.29, 1.82) is 0 Å². The molecule has 4 heterocycles. The van der Waals surface area contributed by atoms with Crippen LogP contribution >= 0.6 is 0 Å². The summed E-state index contributed by atoms with van der Waals surface area (Å²) in [6, 6.07) is 8.92. The fraction of sp³-hybridized carbons (Fsp3) is 0.756. The van der Waals surface area contributed by atoms with E-state index in [0.29, 0.717) is 31.6 Å². The molecule has 2 bridgehead atoms. The highest BCUT2D eigenvalue weighted by atomic mass is 16.7. The molecule has 1 aromatic carbocycles. The number of cyclic esters (lactones) is 1. The van der Waals surface area contributed by atoms with Crippen LogP contribution < -0.4 is 5.32 Å². The normalized spacial score (nSPS) is 41.3. The molecule has 14 atom stereocenters. The molecule has 55 heavy (non-hydrogen) atoms. The van der Waals surface area contributed by atoms with E-state index in [0.717, 1.165) is 5.56 Å². The van der Waals surface area contributed by atoms with E-state index in [-0.39, 0.29) is 37.6 Å². The van der Waals surface area contributed by atoms with E-state index in [1.165, 1.54) is 0 Å². The Labute approximate surface area is 325 Å². The van der Waals surface area contributed by atoms with Crippen LogP contribution in [0.25, 0.3) is 0 Å². The Morgan fingerprint density at radius 1 is 1.02 bits per heavy atom. The summed E-state index contributed by atoms with van der Waals surface area (Å²) >= 11 is 0. The van der Waals surface area contributed by atoms with Crippen molar-refractivity contribution in [2.24, 2.45) is 28.8 Å². The second-order valence-corrected chi connectivity index (χ2v) is 16.7. The van der Waals surface area contributed by atoms with Crippen LogP contribution in [0.3, 0.4) is 0 Å². The fourth-order valence-corrected chi connectivity index (χ4v) is 9.04. The molecule has 1 amide bonds. The maximum atomic E-state index is 14.5. The summed E-state index contributed by atoms with van der Waals surface area (Å²) in [4.78, 5) is 49.3. The highest BCUT2D eigenvalue weighted by molar-refractivity contribution is 5.87. The zero-order valence-electron chi connectivity index (χ0n) is 34.2. The molecular formula is C41H63N3O11. The summed E-state index contributed by atoms with van der Waals surface area (Å²) in [5.74, 6) is -3.44. The van der Waals surface area contributed by atoms with Gasteiger partial charge in [0.1, 0.15) is 30.3 Å². The van der Waals surface area contributed by atoms with Crippen molar-refractivity contribution in [3.05, 3.63) is 35.9 Å². The van der Waals surface area contributed by atoms with Crippen molar-refractivity contribution in [3.63, 3.8) is 0 Å². The number of benzene rings is 1. The third kappa shape index (κ3) is 9.53. The van der Waals surface area contributed by atoms with Crippen molar-refractivity contribution in [2.75, 3.05) is 33.9 Å². The number of carbonyl (C=O) groups excluding carboxylic acids is 3. The Hall–Kier alpha value is -3.14. The van der Waals surface area contributed by atoms with Crippen LogP contribution in [-0.2, 0) is 49.3 Å². The molecule has 14 nitrogen and oxygen atoms in total. The highest BCUT2D eigenvalue weighted by Crippen LogP contribution is 2.42. The third-order valence-electron chi connectivity index (χ3n) is 12.2. The highest BCUT2D eigenvalue weighted by Gasteiger charge is 2.57. The zero-order valence-corrected chi connectivity index (χ0v) is 34.2. The summed E-state index contributed by atoms with van der Waals surface area (Å²) in [5, 5.41) is 18.9. The number of ether oxygens (including phenoxy) is 6. The number of fused-ring (bicyclic) bond motifs is 4. The predicted octanol–water partition coefficient (Wildman–Crippen LogP) is 4.29. The number of likely N-dealkylation sites (N-methyl/N-ethyl adjacent to an activating group) is 1. The van der Waals surface area contributed by atoms with E-state index in [9.17, 15) is 19.5 Å². The first-order valence-electron chi connectivity index (χ1n) is 19.8. The Kier molecular flexibility index (Phi) is 14.1. The Morgan fingerprint density at radius 3 is 2.40 bits per heavy atom. The number of aliphatic hydroxyl groups is 1. The zero-order chi connectivity index (χ0) is 40.2. The van der Waals surface area contributed by atoms with Gasteiger partial charge in [-0.3, -0.25) is 9.59 Å². The SMILES string of the molecule is CC[C@H]1OC(=O)[C@H](C)[C@H]2OC/C(=N/OCCc3ccccc3)CO[C@](C)(C[C@@H](C)C(=O)[C@H](C)[C@H]3NC(=O)O[C@@]31C)[C@H](OC1O[C@H](C)C[C@H](N(C)C)[C@H]1O)[C@H]2C. The number of oxime groups is 1. The van der Waals surface area contributed by atoms with E-state index in [1.807, 2.05) is 83.9 Å². The lowest BCUT2D eigenvalue weighted by molar-refractivity contribution is -0.302. The molecule has 0 aromatic heterocycles. The van der Waals surface area contributed by atoms with E-state index < -0.39 is 83.7 Å². The minimum atomic E-state index is -1.31. The monoisotopic (exact) mass is 773 g/mol. The van der Waals surface area contributed by atoms with Crippen LogP contribution in [0.2, 0.25) is 0 Å². The maximum Gasteiger partial charge on any atom is 0.408 e. The first kappa shape index (κ1) is 43.0. The van der Waals surface area contributed by atoms with Gasteiger partial charge in [0.2, 0.25) is 0 Å². The molecule has 14 heteroatoms. The number of amides is 1. The summed E-state index contributed by atoms with van der Waals surface area (Å²) in [7, 11) is 3.81. The van der Waals surface area contributed by atoms with Gasteiger partial charge in [0.15, 0.2) is 11.9 Å². The minimum absolute atomic E-state index is 0.0207. The average molecular weight is 774 g/mol. The first-order chi connectivity index (χ1) is 26.0.